The average molecular weight is 315 g/mol. The minimum Gasteiger partial charge on any atom is -0.359 e. The second-order valence-corrected chi connectivity index (χ2v) is 6.08. The molecule has 0 aliphatic rings. The monoisotopic (exact) mass is 314 g/mol. The minimum atomic E-state index is 0.602. The third-order valence-corrected chi connectivity index (χ3v) is 4.68. The highest BCUT2D eigenvalue weighted by molar-refractivity contribution is 7.13. The first-order valence-electron chi connectivity index (χ1n) is 6.43. The lowest BCUT2D eigenvalue weighted by Gasteiger charge is -2.07. The summed E-state index contributed by atoms with van der Waals surface area (Å²) in [7, 11) is 1.87. The highest BCUT2D eigenvalue weighted by atomic mass is 35.5. The predicted octanol–water partition coefficient (Wildman–Crippen LogP) is 4.35. The fourth-order valence-electron chi connectivity index (χ4n) is 2.54. The summed E-state index contributed by atoms with van der Waals surface area (Å²) in [5.74, 6) is 0. The molecular formula is C15H11ClN4S. The van der Waals surface area contributed by atoms with Gasteiger partial charge in [0.05, 0.1) is 16.7 Å². The van der Waals surface area contributed by atoms with Crippen LogP contribution in [0.25, 0.3) is 32.7 Å². The number of hydrogen-bond acceptors (Lipinski definition) is 3. The fourth-order valence-corrected chi connectivity index (χ4v) is 3.54. The zero-order valence-electron chi connectivity index (χ0n) is 11.2. The van der Waals surface area contributed by atoms with E-state index in [4.69, 9.17) is 11.6 Å². The van der Waals surface area contributed by atoms with Crippen LogP contribution >= 0.6 is 22.9 Å². The summed E-state index contributed by atoms with van der Waals surface area (Å²) in [6, 6.07) is 6.22. The van der Waals surface area contributed by atoms with Gasteiger partial charge in [0.1, 0.15) is 11.4 Å². The van der Waals surface area contributed by atoms with Gasteiger partial charge in [0.25, 0.3) is 0 Å². The Labute approximate surface area is 130 Å². The Bertz CT molecular complexity index is 901. The van der Waals surface area contributed by atoms with Gasteiger partial charge in [-0.3, -0.25) is 9.67 Å². The predicted molar refractivity (Wildman–Crippen MR) is 86.6 cm³/mol. The van der Waals surface area contributed by atoms with Gasteiger partial charge in [-0.25, -0.2) is 0 Å². The average Bonchev–Trinajstić information content (AvgIpc) is 3.20. The number of fused-ring (bicyclic) bond motifs is 1. The van der Waals surface area contributed by atoms with E-state index in [1.165, 1.54) is 4.88 Å². The van der Waals surface area contributed by atoms with E-state index >= 15 is 0 Å². The molecule has 0 aromatic carbocycles. The van der Waals surface area contributed by atoms with E-state index in [-0.39, 0.29) is 0 Å². The van der Waals surface area contributed by atoms with E-state index in [9.17, 15) is 0 Å². The number of nitrogens with zero attached hydrogens (tertiary/aromatic N) is 3. The van der Waals surface area contributed by atoms with Crippen molar-refractivity contribution in [3.05, 3.63) is 47.2 Å². The largest absolute Gasteiger partial charge is 0.359 e. The summed E-state index contributed by atoms with van der Waals surface area (Å²) in [6.07, 6.45) is 5.47. The van der Waals surface area contributed by atoms with E-state index < -0.39 is 0 Å². The quantitative estimate of drug-likeness (QED) is 0.598. The number of hydrogen-bond donors (Lipinski definition) is 1. The topological polar surface area (TPSA) is 46.5 Å². The Morgan fingerprint density at radius 2 is 2.19 bits per heavy atom. The Balaban J connectivity index is 2.02. The molecule has 6 heteroatoms. The zero-order valence-corrected chi connectivity index (χ0v) is 12.7. The lowest BCUT2D eigenvalue weighted by atomic mass is 10.1. The maximum Gasteiger partial charge on any atom is 0.114 e. The Morgan fingerprint density at radius 1 is 1.29 bits per heavy atom. The molecule has 0 saturated heterocycles. The van der Waals surface area contributed by atoms with E-state index in [0.29, 0.717) is 5.02 Å². The SMILES string of the molecule is Cn1ncc(Cl)c1-c1ncc(-c2cccs2)c2cc[nH]c12. The smallest absolute Gasteiger partial charge is 0.114 e. The molecule has 21 heavy (non-hydrogen) atoms. The molecule has 0 aliphatic heterocycles. The van der Waals surface area contributed by atoms with Crippen LogP contribution in [0.5, 0.6) is 0 Å². The van der Waals surface area contributed by atoms with Gasteiger partial charge in [0.15, 0.2) is 0 Å². The van der Waals surface area contributed by atoms with Crippen LogP contribution in [0, 0.1) is 0 Å². The van der Waals surface area contributed by atoms with Crippen molar-refractivity contribution in [1.82, 2.24) is 19.7 Å². The van der Waals surface area contributed by atoms with E-state index in [1.54, 1.807) is 22.2 Å². The molecule has 0 bridgehead atoms. The molecule has 4 aromatic heterocycles. The van der Waals surface area contributed by atoms with Crippen LogP contribution in [-0.2, 0) is 7.05 Å². The third kappa shape index (κ3) is 1.89. The molecule has 0 atom stereocenters. The van der Waals surface area contributed by atoms with Crippen LogP contribution in [0.4, 0.5) is 0 Å². The summed E-state index contributed by atoms with van der Waals surface area (Å²) in [5, 5.41) is 8.00. The molecule has 4 heterocycles. The van der Waals surface area contributed by atoms with Crippen molar-refractivity contribution in [3.63, 3.8) is 0 Å². The first kappa shape index (κ1) is 12.6. The van der Waals surface area contributed by atoms with Gasteiger partial charge in [-0.15, -0.1) is 11.3 Å². The van der Waals surface area contributed by atoms with Crippen LogP contribution in [0.1, 0.15) is 0 Å². The molecule has 0 radical (unpaired) electrons. The second kappa shape index (κ2) is 4.72. The van der Waals surface area contributed by atoms with Crippen molar-refractivity contribution in [2.75, 3.05) is 0 Å². The van der Waals surface area contributed by atoms with E-state index in [2.05, 4.69) is 32.6 Å². The number of H-pyrrole nitrogens is 1. The normalized spacial score (nSPS) is 11.3. The Kier molecular flexibility index (Phi) is 2.83. The molecule has 0 spiro atoms. The molecule has 4 aromatic rings. The number of aryl methyl sites for hydroxylation is 1. The number of rotatable bonds is 2. The Morgan fingerprint density at radius 3 is 2.90 bits per heavy atom. The van der Waals surface area contributed by atoms with Crippen molar-refractivity contribution in [2.24, 2.45) is 7.05 Å². The highest BCUT2D eigenvalue weighted by Gasteiger charge is 2.17. The van der Waals surface area contributed by atoms with Crippen molar-refractivity contribution < 1.29 is 0 Å². The summed E-state index contributed by atoms with van der Waals surface area (Å²) < 4.78 is 1.75. The zero-order chi connectivity index (χ0) is 14.4. The van der Waals surface area contributed by atoms with Crippen molar-refractivity contribution in [3.8, 4) is 21.8 Å². The van der Waals surface area contributed by atoms with Gasteiger partial charge in [-0.1, -0.05) is 17.7 Å². The third-order valence-electron chi connectivity index (χ3n) is 3.50. The van der Waals surface area contributed by atoms with Crippen LogP contribution in [0.15, 0.2) is 42.2 Å². The van der Waals surface area contributed by atoms with E-state index in [0.717, 1.165) is 27.9 Å². The number of aromatic nitrogens is 4. The van der Waals surface area contributed by atoms with Gasteiger partial charge in [-0.05, 0) is 17.5 Å². The van der Waals surface area contributed by atoms with Crippen molar-refractivity contribution in [2.45, 2.75) is 0 Å². The van der Waals surface area contributed by atoms with Gasteiger partial charge in [0.2, 0.25) is 0 Å². The molecule has 104 valence electrons. The van der Waals surface area contributed by atoms with Crippen LogP contribution < -0.4 is 0 Å². The van der Waals surface area contributed by atoms with Crippen molar-refractivity contribution in [1.29, 1.82) is 0 Å². The van der Waals surface area contributed by atoms with Crippen LogP contribution in [0.2, 0.25) is 5.02 Å². The lowest BCUT2D eigenvalue weighted by molar-refractivity contribution is 0.774. The fraction of sp³-hybridized carbons (Fsp3) is 0.0667. The maximum atomic E-state index is 6.25. The standard InChI is InChI=1S/C15H11ClN4S/c1-20-15(11(16)8-19-20)14-13-9(4-5-17-13)10(7-18-14)12-3-2-6-21-12/h2-8,17H,1H3. The number of nitrogens with one attached hydrogen (secondary N) is 1. The summed E-state index contributed by atoms with van der Waals surface area (Å²) in [4.78, 5) is 9.11. The maximum absolute atomic E-state index is 6.25. The van der Waals surface area contributed by atoms with Gasteiger partial charge < -0.3 is 4.98 Å². The number of aromatic amines is 1. The molecule has 0 aliphatic carbocycles. The first-order chi connectivity index (χ1) is 10.3. The van der Waals surface area contributed by atoms with Gasteiger partial charge in [-0.2, -0.15) is 5.10 Å². The molecule has 1 N–H and O–H groups in total. The minimum absolute atomic E-state index is 0.602. The number of halogens is 1. The van der Waals surface area contributed by atoms with Gasteiger partial charge >= 0.3 is 0 Å². The molecule has 0 amide bonds. The first-order valence-corrected chi connectivity index (χ1v) is 7.69. The molecule has 0 fully saturated rings. The number of pyridine rings is 1. The summed E-state index contributed by atoms with van der Waals surface area (Å²) in [5.41, 5.74) is 3.75. The van der Waals surface area contributed by atoms with Crippen molar-refractivity contribution >= 4 is 33.8 Å². The van der Waals surface area contributed by atoms with Gasteiger partial charge in [0, 0.05) is 35.3 Å². The second-order valence-electron chi connectivity index (χ2n) is 4.73. The molecular weight excluding hydrogens is 304 g/mol. The lowest BCUT2D eigenvalue weighted by Crippen LogP contribution is -1.97. The van der Waals surface area contributed by atoms with Crippen LogP contribution in [0.3, 0.4) is 0 Å². The highest BCUT2D eigenvalue weighted by Crippen LogP contribution is 2.36. The Hall–Kier alpha value is -2.11. The van der Waals surface area contributed by atoms with Crippen LogP contribution in [-0.4, -0.2) is 19.7 Å². The number of thiophene rings is 1. The summed E-state index contributed by atoms with van der Waals surface area (Å²) in [6.45, 7) is 0. The molecule has 4 nitrogen and oxygen atoms in total. The molecule has 0 saturated carbocycles. The summed E-state index contributed by atoms with van der Waals surface area (Å²) >= 11 is 7.96. The molecule has 4 rings (SSSR count). The van der Waals surface area contributed by atoms with E-state index in [1.807, 2.05) is 25.5 Å². The molecule has 0 unspecified atom stereocenters.